The quantitative estimate of drug-likeness (QED) is 0.647. The summed E-state index contributed by atoms with van der Waals surface area (Å²) in [6.07, 6.45) is 3.18. The zero-order valence-corrected chi connectivity index (χ0v) is 9.06. The van der Waals surface area contributed by atoms with Crippen molar-refractivity contribution in [2.75, 3.05) is 13.1 Å². The van der Waals surface area contributed by atoms with E-state index >= 15 is 0 Å². The van der Waals surface area contributed by atoms with E-state index in [1.165, 1.54) is 6.42 Å². The fraction of sp³-hybridized carbons (Fsp3) is 0.818. The molecular formula is C11H22N2. The van der Waals surface area contributed by atoms with Gasteiger partial charge in [-0.25, -0.2) is 0 Å². The molecule has 2 nitrogen and oxygen atoms in total. The molecule has 0 radical (unpaired) electrons. The van der Waals surface area contributed by atoms with Gasteiger partial charge in [0.2, 0.25) is 0 Å². The van der Waals surface area contributed by atoms with Crippen LogP contribution in [0.15, 0.2) is 12.7 Å². The Morgan fingerprint density at radius 3 is 2.85 bits per heavy atom. The summed E-state index contributed by atoms with van der Waals surface area (Å²) in [7, 11) is 0. The van der Waals surface area contributed by atoms with E-state index in [2.05, 4.69) is 38.0 Å². The highest BCUT2D eigenvalue weighted by Crippen LogP contribution is 2.25. The minimum atomic E-state index is 0.357. The van der Waals surface area contributed by atoms with Gasteiger partial charge in [-0.2, -0.15) is 0 Å². The molecule has 0 aromatic carbocycles. The third-order valence-corrected chi connectivity index (χ3v) is 2.95. The van der Waals surface area contributed by atoms with Crippen molar-refractivity contribution in [2.45, 2.75) is 39.3 Å². The largest absolute Gasteiger partial charge is 0.316 e. The van der Waals surface area contributed by atoms with Gasteiger partial charge < -0.3 is 10.6 Å². The molecule has 2 unspecified atom stereocenters. The van der Waals surface area contributed by atoms with Crippen LogP contribution < -0.4 is 10.6 Å². The van der Waals surface area contributed by atoms with Crippen LogP contribution in [0, 0.1) is 5.41 Å². The molecule has 0 saturated carbocycles. The van der Waals surface area contributed by atoms with E-state index in [9.17, 15) is 0 Å². The third-order valence-electron chi connectivity index (χ3n) is 2.95. The fourth-order valence-electron chi connectivity index (χ4n) is 1.87. The summed E-state index contributed by atoms with van der Waals surface area (Å²) in [5, 5.41) is 7.03. The lowest BCUT2D eigenvalue weighted by Gasteiger charge is -2.40. The number of piperidine rings is 1. The second-order valence-corrected chi connectivity index (χ2v) is 4.70. The summed E-state index contributed by atoms with van der Waals surface area (Å²) < 4.78 is 0. The molecule has 2 N–H and O–H groups in total. The Hall–Kier alpha value is -0.340. The lowest BCUT2D eigenvalue weighted by molar-refractivity contribution is 0.180. The van der Waals surface area contributed by atoms with Crippen LogP contribution in [0.5, 0.6) is 0 Å². The predicted octanol–water partition coefficient (Wildman–Crippen LogP) is 1.54. The molecule has 1 rings (SSSR count). The predicted molar refractivity (Wildman–Crippen MR) is 57.9 cm³/mol. The summed E-state index contributed by atoms with van der Waals surface area (Å²) in [5.41, 5.74) is 0.357. The van der Waals surface area contributed by atoms with Crippen LogP contribution in [0.1, 0.15) is 27.2 Å². The van der Waals surface area contributed by atoms with Gasteiger partial charge in [0.1, 0.15) is 0 Å². The summed E-state index contributed by atoms with van der Waals surface area (Å²) >= 11 is 0. The Balaban J connectivity index is 2.50. The van der Waals surface area contributed by atoms with E-state index in [0.29, 0.717) is 17.5 Å². The number of nitrogens with one attached hydrogen (secondary N) is 2. The van der Waals surface area contributed by atoms with Crippen LogP contribution in [0.2, 0.25) is 0 Å². The third kappa shape index (κ3) is 2.82. The summed E-state index contributed by atoms with van der Waals surface area (Å²) in [4.78, 5) is 0. The molecule has 1 heterocycles. The average molecular weight is 182 g/mol. The normalized spacial score (nSPS) is 29.6. The Bertz CT molecular complexity index is 175. The Morgan fingerprint density at radius 1 is 1.62 bits per heavy atom. The van der Waals surface area contributed by atoms with Crippen molar-refractivity contribution >= 4 is 0 Å². The Kier molecular flexibility index (Phi) is 3.51. The van der Waals surface area contributed by atoms with E-state index in [0.717, 1.165) is 13.1 Å². The smallest absolute Gasteiger partial charge is 0.0221 e. The maximum atomic E-state index is 3.80. The molecule has 0 aromatic heterocycles. The van der Waals surface area contributed by atoms with Crippen molar-refractivity contribution in [3.63, 3.8) is 0 Å². The first kappa shape index (κ1) is 10.7. The zero-order valence-electron chi connectivity index (χ0n) is 9.06. The lowest BCUT2D eigenvalue weighted by Crippen LogP contribution is -2.54. The SMILES string of the molecule is C=CC(C)NC1CCNCC1(C)C. The number of rotatable bonds is 3. The van der Waals surface area contributed by atoms with Crippen molar-refractivity contribution in [2.24, 2.45) is 5.41 Å². The molecule has 0 aromatic rings. The number of hydrogen-bond donors (Lipinski definition) is 2. The van der Waals surface area contributed by atoms with Gasteiger partial charge in [0, 0.05) is 18.6 Å². The maximum absolute atomic E-state index is 3.80. The van der Waals surface area contributed by atoms with Crippen molar-refractivity contribution in [3.8, 4) is 0 Å². The van der Waals surface area contributed by atoms with Crippen molar-refractivity contribution in [1.29, 1.82) is 0 Å². The van der Waals surface area contributed by atoms with Crippen LogP contribution >= 0.6 is 0 Å². The molecule has 1 aliphatic heterocycles. The van der Waals surface area contributed by atoms with Crippen LogP contribution in [0.4, 0.5) is 0 Å². The molecule has 1 fully saturated rings. The van der Waals surface area contributed by atoms with E-state index in [1.54, 1.807) is 0 Å². The van der Waals surface area contributed by atoms with E-state index < -0.39 is 0 Å². The summed E-state index contributed by atoms with van der Waals surface area (Å²) in [6, 6.07) is 1.03. The van der Waals surface area contributed by atoms with Gasteiger partial charge in [0.05, 0.1) is 0 Å². The van der Waals surface area contributed by atoms with Gasteiger partial charge in [-0.05, 0) is 25.3 Å². The molecule has 13 heavy (non-hydrogen) atoms. The lowest BCUT2D eigenvalue weighted by atomic mass is 9.79. The van der Waals surface area contributed by atoms with Gasteiger partial charge in [-0.1, -0.05) is 19.9 Å². The molecule has 0 aliphatic carbocycles. The second-order valence-electron chi connectivity index (χ2n) is 4.70. The van der Waals surface area contributed by atoms with Crippen molar-refractivity contribution in [1.82, 2.24) is 10.6 Å². The first-order valence-electron chi connectivity index (χ1n) is 5.15. The minimum absolute atomic E-state index is 0.357. The first-order valence-corrected chi connectivity index (χ1v) is 5.15. The molecule has 1 saturated heterocycles. The maximum Gasteiger partial charge on any atom is 0.0221 e. The van der Waals surface area contributed by atoms with Crippen LogP contribution in [-0.2, 0) is 0 Å². The van der Waals surface area contributed by atoms with Gasteiger partial charge in [-0.3, -0.25) is 0 Å². The first-order chi connectivity index (χ1) is 6.06. The second kappa shape index (κ2) is 4.25. The molecular weight excluding hydrogens is 160 g/mol. The summed E-state index contributed by atoms with van der Waals surface area (Å²) in [5.74, 6) is 0. The molecule has 1 aliphatic rings. The van der Waals surface area contributed by atoms with Crippen molar-refractivity contribution < 1.29 is 0 Å². The van der Waals surface area contributed by atoms with Crippen LogP contribution in [0.25, 0.3) is 0 Å². The fourth-order valence-corrected chi connectivity index (χ4v) is 1.87. The molecule has 0 amide bonds. The number of hydrogen-bond acceptors (Lipinski definition) is 2. The van der Waals surface area contributed by atoms with Gasteiger partial charge in [-0.15, -0.1) is 6.58 Å². The van der Waals surface area contributed by atoms with Gasteiger partial charge in [0.15, 0.2) is 0 Å². The average Bonchev–Trinajstić information content (AvgIpc) is 2.08. The van der Waals surface area contributed by atoms with Crippen LogP contribution in [-0.4, -0.2) is 25.2 Å². The van der Waals surface area contributed by atoms with Crippen molar-refractivity contribution in [3.05, 3.63) is 12.7 Å². The van der Waals surface area contributed by atoms with Gasteiger partial charge in [0.25, 0.3) is 0 Å². The van der Waals surface area contributed by atoms with E-state index in [1.807, 2.05) is 6.08 Å². The molecule has 2 atom stereocenters. The Labute approximate surface area is 81.8 Å². The minimum Gasteiger partial charge on any atom is -0.316 e. The highest BCUT2D eigenvalue weighted by Gasteiger charge is 2.32. The topological polar surface area (TPSA) is 24.1 Å². The zero-order chi connectivity index (χ0) is 9.90. The standard InChI is InChI=1S/C11H22N2/c1-5-9(2)13-10-6-7-12-8-11(10,3)4/h5,9-10,12-13H,1,6-8H2,2-4H3. The van der Waals surface area contributed by atoms with Crippen LogP contribution in [0.3, 0.4) is 0 Å². The van der Waals surface area contributed by atoms with Gasteiger partial charge >= 0.3 is 0 Å². The Morgan fingerprint density at radius 2 is 2.31 bits per heavy atom. The van der Waals surface area contributed by atoms with E-state index in [4.69, 9.17) is 0 Å². The molecule has 0 spiro atoms. The summed E-state index contributed by atoms with van der Waals surface area (Å²) in [6.45, 7) is 12.8. The highest BCUT2D eigenvalue weighted by molar-refractivity contribution is 4.94. The molecule has 2 heteroatoms. The molecule has 0 bridgehead atoms. The van der Waals surface area contributed by atoms with E-state index in [-0.39, 0.29) is 0 Å². The monoisotopic (exact) mass is 182 g/mol. The molecule has 76 valence electrons. The highest BCUT2D eigenvalue weighted by atomic mass is 15.0.